The van der Waals surface area contributed by atoms with Gasteiger partial charge < -0.3 is 5.11 Å². The van der Waals surface area contributed by atoms with Crippen LogP contribution in [0.5, 0.6) is 5.75 Å². The summed E-state index contributed by atoms with van der Waals surface area (Å²) in [4.78, 5) is 3.46. The van der Waals surface area contributed by atoms with Gasteiger partial charge in [0, 0.05) is 11.6 Å². The molecule has 0 radical (unpaired) electrons. The molecular weight excluding hydrogens is 276 g/mol. The Hall–Kier alpha value is -1.99. The lowest BCUT2D eigenvalue weighted by atomic mass is 10.00. The van der Waals surface area contributed by atoms with Gasteiger partial charge in [0.15, 0.2) is 0 Å². The lowest BCUT2D eigenvalue weighted by molar-refractivity contribution is -0.161. The van der Waals surface area contributed by atoms with E-state index in [4.69, 9.17) is 0 Å². The van der Waals surface area contributed by atoms with Gasteiger partial charge in [-0.25, -0.2) is 0 Å². The second-order valence-corrected chi connectivity index (χ2v) is 3.71. The average Bonchev–Trinajstić information content (AvgIpc) is 2.26. The summed E-state index contributed by atoms with van der Waals surface area (Å²) >= 11 is 0. The Labute approximate surface area is 102 Å². The monoisotopic (exact) mass is 281 g/mol. The van der Waals surface area contributed by atoms with Gasteiger partial charge in [-0.1, -0.05) is 6.07 Å². The van der Waals surface area contributed by atoms with Crippen LogP contribution in [-0.2, 0) is 12.4 Å². The molecule has 8 heteroatoms. The van der Waals surface area contributed by atoms with Crippen molar-refractivity contribution in [1.82, 2.24) is 4.98 Å². The summed E-state index contributed by atoms with van der Waals surface area (Å²) in [6, 6.07) is 1.94. The summed E-state index contributed by atoms with van der Waals surface area (Å²) in [6.07, 6.45) is -9.36. The molecule has 2 rings (SSSR count). The van der Waals surface area contributed by atoms with Gasteiger partial charge in [-0.05, 0) is 12.1 Å². The number of alkyl halides is 6. The van der Waals surface area contributed by atoms with E-state index in [9.17, 15) is 31.4 Å². The summed E-state index contributed by atoms with van der Waals surface area (Å²) < 4.78 is 76.5. The number of hydrogen-bond acceptors (Lipinski definition) is 2. The molecule has 0 aliphatic carbocycles. The molecule has 0 spiro atoms. The predicted octanol–water partition coefficient (Wildman–Crippen LogP) is 3.98. The van der Waals surface area contributed by atoms with E-state index >= 15 is 0 Å². The SMILES string of the molecule is Oc1cc(C(F)(F)F)c(C(F)(F)F)c2cccnc12. The molecule has 1 N–H and O–H groups in total. The Morgan fingerprint density at radius 2 is 1.63 bits per heavy atom. The Morgan fingerprint density at radius 1 is 1.00 bits per heavy atom. The predicted molar refractivity (Wildman–Crippen MR) is 53.4 cm³/mol. The first kappa shape index (κ1) is 13.4. The highest BCUT2D eigenvalue weighted by atomic mass is 19.4. The zero-order valence-electron chi connectivity index (χ0n) is 8.97. The van der Waals surface area contributed by atoms with Gasteiger partial charge in [-0.2, -0.15) is 26.3 Å². The van der Waals surface area contributed by atoms with Crippen LogP contribution < -0.4 is 0 Å². The van der Waals surface area contributed by atoms with Crippen molar-refractivity contribution < 1.29 is 31.4 Å². The third kappa shape index (κ3) is 2.29. The van der Waals surface area contributed by atoms with Crippen molar-refractivity contribution in [1.29, 1.82) is 0 Å². The van der Waals surface area contributed by atoms with Crippen molar-refractivity contribution in [2.24, 2.45) is 0 Å². The molecule has 0 aliphatic rings. The molecule has 102 valence electrons. The summed E-state index contributed by atoms with van der Waals surface area (Å²) in [6.45, 7) is 0. The van der Waals surface area contributed by atoms with Crippen LogP contribution in [0.1, 0.15) is 11.1 Å². The van der Waals surface area contributed by atoms with Crippen LogP contribution in [-0.4, -0.2) is 10.1 Å². The fourth-order valence-corrected chi connectivity index (χ4v) is 1.76. The first-order valence-corrected chi connectivity index (χ1v) is 4.87. The number of nitrogens with zero attached hydrogens (tertiary/aromatic N) is 1. The van der Waals surface area contributed by atoms with E-state index in [1.165, 1.54) is 0 Å². The van der Waals surface area contributed by atoms with Crippen LogP contribution in [0, 0.1) is 0 Å². The number of fused-ring (bicyclic) bond motifs is 1. The molecule has 1 heterocycles. The van der Waals surface area contributed by atoms with Gasteiger partial charge in [0.05, 0.1) is 11.1 Å². The van der Waals surface area contributed by atoms with E-state index in [0.29, 0.717) is 0 Å². The van der Waals surface area contributed by atoms with Crippen molar-refractivity contribution in [2.75, 3.05) is 0 Å². The molecule has 19 heavy (non-hydrogen) atoms. The number of aromatic nitrogens is 1. The molecular formula is C11H5F6NO. The topological polar surface area (TPSA) is 33.1 Å². The molecule has 0 aliphatic heterocycles. The van der Waals surface area contributed by atoms with Crippen LogP contribution in [0.25, 0.3) is 10.9 Å². The fraction of sp³-hybridized carbons (Fsp3) is 0.182. The second-order valence-electron chi connectivity index (χ2n) is 3.71. The Kier molecular flexibility index (Phi) is 2.83. The number of halogens is 6. The van der Waals surface area contributed by atoms with Crippen molar-refractivity contribution in [3.63, 3.8) is 0 Å². The Balaban J connectivity index is 2.98. The largest absolute Gasteiger partial charge is 0.506 e. The van der Waals surface area contributed by atoms with Gasteiger partial charge >= 0.3 is 12.4 Å². The van der Waals surface area contributed by atoms with Crippen molar-refractivity contribution in [3.05, 3.63) is 35.5 Å². The summed E-state index contributed by atoms with van der Waals surface area (Å²) in [7, 11) is 0. The fourth-order valence-electron chi connectivity index (χ4n) is 1.76. The lowest BCUT2D eigenvalue weighted by Gasteiger charge is -2.18. The number of aromatic hydroxyl groups is 1. The van der Waals surface area contributed by atoms with Crippen LogP contribution in [0.3, 0.4) is 0 Å². The van der Waals surface area contributed by atoms with Crippen molar-refractivity contribution in [2.45, 2.75) is 12.4 Å². The van der Waals surface area contributed by atoms with E-state index < -0.39 is 40.1 Å². The number of rotatable bonds is 0. The van der Waals surface area contributed by atoms with Crippen molar-refractivity contribution >= 4 is 10.9 Å². The minimum atomic E-state index is -5.23. The maximum atomic E-state index is 12.8. The lowest BCUT2D eigenvalue weighted by Crippen LogP contribution is -2.17. The second kappa shape index (κ2) is 4.01. The highest BCUT2D eigenvalue weighted by Crippen LogP contribution is 2.45. The number of benzene rings is 1. The highest BCUT2D eigenvalue weighted by Gasteiger charge is 2.45. The smallest absolute Gasteiger partial charge is 0.417 e. The molecule has 0 saturated carbocycles. The minimum Gasteiger partial charge on any atom is -0.506 e. The van der Waals surface area contributed by atoms with E-state index in [0.717, 1.165) is 18.3 Å². The number of phenolic OH excluding ortho intramolecular Hbond substituents is 1. The number of hydrogen-bond donors (Lipinski definition) is 1. The first-order chi connectivity index (χ1) is 8.62. The van der Waals surface area contributed by atoms with Gasteiger partial charge in [0.2, 0.25) is 0 Å². The number of phenols is 1. The minimum absolute atomic E-state index is 0.0398. The molecule has 2 nitrogen and oxygen atoms in total. The Bertz CT molecular complexity index is 631. The molecule has 0 saturated heterocycles. The third-order valence-corrected chi connectivity index (χ3v) is 2.46. The maximum absolute atomic E-state index is 12.8. The highest BCUT2D eigenvalue weighted by molar-refractivity contribution is 5.89. The van der Waals surface area contributed by atoms with Crippen molar-refractivity contribution in [3.8, 4) is 5.75 Å². The van der Waals surface area contributed by atoms with Gasteiger partial charge in [0.25, 0.3) is 0 Å². The third-order valence-electron chi connectivity index (χ3n) is 2.46. The van der Waals surface area contributed by atoms with E-state index in [2.05, 4.69) is 4.98 Å². The number of pyridine rings is 1. The normalized spacial score (nSPS) is 12.9. The molecule has 2 aromatic rings. The molecule has 0 amide bonds. The van der Waals surface area contributed by atoms with Gasteiger partial charge in [0.1, 0.15) is 11.3 Å². The van der Waals surface area contributed by atoms with Crippen LogP contribution >= 0.6 is 0 Å². The molecule has 1 aromatic carbocycles. The molecule has 0 bridgehead atoms. The van der Waals surface area contributed by atoms with Gasteiger partial charge in [-0.3, -0.25) is 4.98 Å². The molecule has 0 unspecified atom stereocenters. The standard InChI is InChI=1S/C11H5F6NO/c12-10(13,14)6-4-7(19)9-5(2-1-3-18-9)8(6)11(15,16)17/h1-4,19H. The zero-order valence-corrected chi connectivity index (χ0v) is 8.97. The van der Waals surface area contributed by atoms with E-state index in [1.807, 2.05) is 0 Å². The first-order valence-electron chi connectivity index (χ1n) is 4.87. The Morgan fingerprint density at radius 3 is 2.16 bits per heavy atom. The van der Waals surface area contributed by atoms with Crippen LogP contribution in [0.15, 0.2) is 24.4 Å². The molecule has 1 aromatic heterocycles. The summed E-state index contributed by atoms with van der Waals surface area (Å²) in [5, 5.41) is 8.59. The maximum Gasteiger partial charge on any atom is 0.417 e. The van der Waals surface area contributed by atoms with E-state index in [-0.39, 0.29) is 6.07 Å². The van der Waals surface area contributed by atoms with Gasteiger partial charge in [-0.15, -0.1) is 0 Å². The summed E-state index contributed by atoms with van der Waals surface area (Å²) in [5.74, 6) is -0.948. The average molecular weight is 281 g/mol. The quantitative estimate of drug-likeness (QED) is 0.741. The zero-order chi connectivity index (χ0) is 14.4. The molecule has 0 atom stereocenters. The molecule has 0 fully saturated rings. The summed E-state index contributed by atoms with van der Waals surface area (Å²) in [5.41, 5.74) is -4.30. The van der Waals surface area contributed by atoms with Crippen LogP contribution in [0.4, 0.5) is 26.3 Å². The van der Waals surface area contributed by atoms with Crippen LogP contribution in [0.2, 0.25) is 0 Å². The van der Waals surface area contributed by atoms with E-state index in [1.54, 1.807) is 0 Å².